The Morgan fingerprint density at radius 2 is 2.23 bits per heavy atom. The van der Waals surface area contributed by atoms with Crippen molar-refractivity contribution in [1.82, 2.24) is 15.2 Å². The molecule has 1 aromatic carbocycles. The van der Waals surface area contributed by atoms with Crippen molar-refractivity contribution in [3.63, 3.8) is 0 Å². The monoisotopic (exact) mass is 361 g/mol. The van der Waals surface area contributed by atoms with E-state index in [0.29, 0.717) is 17.6 Å². The van der Waals surface area contributed by atoms with E-state index in [1.807, 2.05) is 0 Å². The quantitative estimate of drug-likeness (QED) is 0.860. The van der Waals surface area contributed by atoms with Crippen molar-refractivity contribution < 1.29 is 13.9 Å². The van der Waals surface area contributed by atoms with Crippen LogP contribution in [0.5, 0.6) is 0 Å². The van der Waals surface area contributed by atoms with Gasteiger partial charge in [0, 0.05) is 32.3 Å². The smallest absolute Gasteiger partial charge is 0.317 e. The lowest BCUT2D eigenvalue weighted by molar-refractivity contribution is 0.00827. The van der Waals surface area contributed by atoms with Gasteiger partial charge in [0.2, 0.25) is 0 Å². The highest BCUT2D eigenvalue weighted by atomic mass is 19.1. The number of halogens is 1. The molecule has 0 spiro atoms. The third kappa shape index (κ3) is 4.60. The molecule has 1 aromatic heterocycles. The molecule has 2 heterocycles. The molecular formula is C19H24FN3O3. The first kappa shape index (κ1) is 18.4. The SMILES string of the molecule is CN(CC[C@H]1CCCCO1)C(=O)NCc1cc2ccc(F)cc2[nH]c1=O. The van der Waals surface area contributed by atoms with Crippen LogP contribution in [0.1, 0.15) is 31.2 Å². The van der Waals surface area contributed by atoms with Gasteiger partial charge in [-0.3, -0.25) is 4.79 Å². The second-order valence-corrected chi connectivity index (χ2v) is 6.71. The van der Waals surface area contributed by atoms with E-state index in [4.69, 9.17) is 4.74 Å². The van der Waals surface area contributed by atoms with Crippen molar-refractivity contribution in [3.8, 4) is 0 Å². The molecule has 1 saturated heterocycles. The predicted octanol–water partition coefficient (Wildman–Crippen LogP) is 2.77. The summed E-state index contributed by atoms with van der Waals surface area (Å²) in [6.45, 7) is 1.52. The number of carbonyl (C=O) groups excluding carboxylic acids is 1. The first-order valence-electron chi connectivity index (χ1n) is 8.95. The van der Waals surface area contributed by atoms with E-state index in [9.17, 15) is 14.0 Å². The number of fused-ring (bicyclic) bond motifs is 1. The second kappa shape index (κ2) is 8.31. The number of carbonyl (C=O) groups is 1. The molecule has 2 amide bonds. The summed E-state index contributed by atoms with van der Waals surface area (Å²) in [5.41, 5.74) is 0.540. The number of urea groups is 1. The fourth-order valence-electron chi connectivity index (χ4n) is 3.13. The van der Waals surface area contributed by atoms with Crippen molar-refractivity contribution in [1.29, 1.82) is 0 Å². The summed E-state index contributed by atoms with van der Waals surface area (Å²) < 4.78 is 18.9. The molecule has 0 saturated carbocycles. The zero-order chi connectivity index (χ0) is 18.5. The summed E-state index contributed by atoms with van der Waals surface area (Å²) in [4.78, 5) is 28.6. The number of nitrogens with one attached hydrogen (secondary N) is 2. The summed E-state index contributed by atoms with van der Waals surface area (Å²) in [5, 5.41) is 3.48. The molecule has 3 rings (SSSR count). The van der Waals surface area contributed by atoms with Gasteiger partial charge < -0.3 is 19.9 Å². The zero-order valence-corrected chi connectivity index (χ0v) is 14.9. The van der Waals surface area contributed by atoms with Gasteiger partial charge in [-0.25, -0.2) is 9.18 Å². The fraction of sp³-hybridized carbons (Fsp3) is 0.474. The van der Waals surface area contributed by atoms with E-state index < -0.39 is 5.82 Å². The lowest BCUT2D eigenvalue weighted by Crippen LogP contribution is -2.39. The van der Waals surface area contributed by atoms with Gasteiger partial charge in [-0.15, -0.1) is 0 Å². The molecule has 0 radical (unpaired) electrons. The third-order valence-corrected chi connectivity index (χ3v) is 4.72. The number of nitrogens with zero attached hydrogens (tertiary/aromatic N) is 1. The van der Waals surface area contributed by atoms with E-state index in [0.717, 1.165) is 31.3 Å². The number of aromatic amines is 1. The van der Waals surface area contributed by atoms with Gasteiger partial charge >= 0.3 is 6.03 Å². The van der Waals surface area contributed by atoms with Gasteiger partial charge in [0.05, 0.1) is 11.6 Å². The van der Waals surface area contributed by atoms with Crippen molar-refractivity contribution >= 4 is 16.9 Å². The van der Waals surface area contributed by atoms with Crippen molar-refractivity contribution in [3.05, 3.63) is 46.0 Å². The number of hydrogen-bond acceptors (Lipinski definition) is 3. The first-order chi connectivity index (χ1) is 12.5. The second-order valence-electron chi connectivity index (χ2n) is 6.71. The maximum atomic E-state index is 13.2. The van der Waals surface area contributed by atoms with Crippen LogP contribution in [0.15, 0.2) is 29.1 Å². The van der Waals surface area contributed by atoms with Crippen molar-refractivity contribution in [2.45, 2.75) is 38.3 Å². The average Bonchev–Trinajstić information content (AvgIpc) is 2.65. The Morgan fingerprint density at radius 3 is 3.00 bits per heavy atom. The zero-order valence-electron chi connectivity index (χ0n) is 14.9. The Bertz CT molecular complexity index is 830. The van der Waals surface area contributed by atoms with Crippen molar-refractivity contribution in [2.75, 3.05) is 20.2 Å². The molecule has 7 heteroatoms. The molecule has 26 heavy (non-hydrogen) atoms. The molecule has 0 bridgehead atoms. The summed E-state index contributed by atoms with van der Waals surface area (Å²) in [6.07, 6.45) is 4.37. The number of amides is 2. The van der Waals surface area contributed by atoms with Crippen LogP contribution >= 0.6 is 0 Å². The van der Waals surface area contributed by atoms with E-state index in [1.54, 1.807) is 24.1 Å². The van der Waals surface area contributed by atoms with Gasteiger partial charge in [-0.2, -0.15) is 0 Å². The first-order valence-corrected chi connectivity index (χ1v) is 8.95. The normalized spacial score (nSPS) is 17.2. The minimum Gasteiger partial charge on any atom is -0.378 e. The number of aromatic nitrogens is 1. The summed E-state index contributed by atoms with van der Waals surface area (Å²) in [7, 11) is 1.73. The molecule has 1 atom stereocenters. The highest BCUT2D eigenvalue weighted by Crippen LogP contribution is 2.16. The fourth-order valence-corrected chi connectivity index (χ4v) is 3.13. The Hall–Kier alpha value is -2.41. The van der Waals surface area contributed by atoms with Crippen LogP contribution in [0.3, 0.4) is 0 Å². The van der Waals surface area contributed by atoms with Gasteiger partial charge in [-0.05, 0) is 55.3 Å². The number of ether oxygens (including phenoxy) is 1. The van der Waals surface area contributed by atoms with Crippen LogP contribution in [-0.4, -0.2) is 42.2 Å². The minimum atomic E-state index is -0.405. The van der Waals surface area contributed by atoms with Crippen LogP contribution in [0, 0.1) is 5.82 Å². The lowest BCUT2D eigenvalue weighted by Gasteiger charge is -2.25. The Morgan fingerprint density at radius 1 is 1.38 bits per heavy atom. The van der Waals surface area contributed by atoms with Crippen LogP contribution in [0.2, 0.25) is 0 Å². The standard InChI is InChI=1S/C19H24FN3O3/c1-23(8-7-16-4-2-3-9-26-16)19(25)21-12-14-10-13-5-6-15(20)11-17(13)22-18(14)24/h5-6,10-11,16H,2-4,7-9,12H2,1H3,(H,21,25)(H,22,24)/t16-/m1/s1. The van der Waals surface area contributed by atoms with E-state index in [1.165, 1.54) is 18.6 Å². The van der Waals surface area contributed by atoms with Crippen LogP contribution in [0.25, 0.3) is 10.9 Å². The largest absolute Gasteiger partial charge is 0.378 e. The van der Waals surface area contributed by atoms with Crippen LogP contribution < -0.4 is 10.9 Å². The van der Waals surface area contributed by atoms with E-state index >= 15 is 0 Å². The molecule has 6 nitrogen and oxygen atoms in total. The Labute approximate surface area is 151 Å². The van der Waals surface area contributed by atoms with Crippen LogP contribution in [0.4, 0.5) is 9.18 Å². The maximum absolute atomic E-state index is 13.2. The molecule has 1 aliphatic heterocycles. The number of benzene rings is 1. The predicted molar refractivity (Wildman–Crippen MR) is 97.6 cm³/mol. The molecule has 1 fully saturated rings. The average molecular weight is 361 g/mol. The maximum Gasteiger partial charge on any atom is 0.317 e. The number of hydrogen-bond donors (Lipinski definition) is 2. The Balaban J connectivity index is 1.55. The van der Waals surface area contributed by atoms with Crippen LogP contribution in [-0.2, 0) is 11.3 Å². The van der Waals surface area contributed by atoms with Gasteiger partial charge in [0.15, 0.2) is 0 Å². The highest BCUT2D eigenvalue weighted by Gasteiger charge is 2.16. The molecule has 2 N–H and O–H groups in total. The third-order valence-electron chi connectivity index (χ3n) is 4.72. The molecule has 0 unspecified atom stereocenters. The number of rotatable bonds is 5. The summed E-state index contributed by atoms with van der Waals surface area (Å²) in [6, 6.07) is 5.65. The Kier molecular flexibility index (Phi) is 5.88. The molecular weight excluding hydrogens is 337 g/mol. The van der Waals surface area contributed by atoms with Gasteiger partial charge in [0.1, 0.15) is 5.82 Å². The summed E-state index contributed by atoms with van der Waals surface area (Å²) in [5.74, 6) is -0.405. The summed E-state index contributed by atoms with van der Waals surface area (Å²) >= 11 is 0. The van der Waals surface area contributed by atoms with Gasteiger partial charge in [0.25, 0.3) is 5.56 Å². The van der Waals surface area contributed by atoms with Crippen molar-refractivity contribution in [2.24, 2.45) is 0 Å². The van der Waals surface area contributed by atoms with E-state index in [-0.39, 0.29) is 24.2 Å². The molecule has 140 valence electrons. The molecule has 2 aromatic rings. The van der Waals surface area contributed by atoms with E-state index in [2.05, 4.69) is 10.3 Å². The number of H-pyrrole nitrogens is 1. The lowest BCUT2D eigenvalue weighted by atomic mass is 10.1. The molecule has 0 aliphatic carbocycles. The number of pyridine rings is 1. The topological polar surface area (TPSA) is 74.4 Å². The molecule has 1 aliphatic rings. The minimum absolute atomic E-state index is 0.117. The highest BCUT2D eigenvalue weighted by molar-refractivity contribution is 5.79. The van der Waals surface area contributed by atoms with Gasteiger partial charge in [-0.1, -0.05) is 0 Å².